The van der Waals surface area contributed by atoms with Crippen LogP contribution in [0.4, 0.5) is 0 Å². The number of aliphatic carboxylic acids is 1. The van der Waals surface area contributed by atoms with Gasteiger partial charge < -0.3 is 9.84 Å². The first kappa shape index (κ1) is 14.1. The Bertz CT molecular complexity index is 433. The molecule has 0 saturated heterocycles. The average Bonchev–Trinajstić information content (AvgIpc) is 2.39. The zero-order valence-corrected chi connectivity index (χ0v) is 10.4. The number of carboxylic acid groups (broad SMARTS) is 1. The van der Waals surface area contributed by atoms with E-state index >= 15 is 0 Å². The Kier molecular flexibility index (Phi) is 4.41. The number of benzene rings is 1. The number of carboxylic acids is 1. The van der Waals surface area contributed by atoms with Gasteiger partial charge in [0.2, 0.25) is 0 Å². The van der Waals surface area contributed by atoms with Crippen LogP contribution < -0.4 is 0 Å². The third-order valence-electron chi connectivity index (χ3n) is 2.57. The van der Waals surface area contributed by atoms with Crippen LogP contribution in [-0.4, -0.2) is 42.0 Å². The van der Waals surface area contributed by atoms with E-state index in [0.717, 1.165) is 0 Å². The molecule has 1 N–H and O–H groups in total. The first-order chi connectivity index (χ1) is 8.47. The summed E-state index contributed by atoms with van der Waals surface area (Å²) in [6.07, 6.45) is 0. The van der Waals surface area contributed by atoms with Crippen molar-refractivity contribution in [3.63, 3.8) is 0 Å². The van der Waals surface area contributed by atoms with Crippen molar-refractivity contribution in [3.05, 3.63) is 35.9 Å². The highest BCUT2D eigenvalue weighted by Crippen LogP contribution is 2.19. The summed E-state index contributed by atoms with van der Waals surface area (Å²) in [4.78, 5) is 28.2. The van der Waals surface area contributed by atoms with Crippen molar-refractivity contribution in [2.45, 2.75) is 12.6 Å². The summed E-state index contributed by atoms with van der Waals surface area (Å²) in [5, 5.41) is 9.82. The van der Waals surface area contributed by atoms with Crippen LogP contribution in [-0.2, 0) is 14.4 Å². The van der Waals surface area contributed by atoms with E-state index in [2.05, 4.69) is 0 Å². The zero-order chi connectivity index (χ0) is 13.8. The fourth-order valence-corrected chi connectivity index (χ4v) is 1.41. The molecule has 0 spiro atoms. The molecule has 0 bridgehead atoms. The zero-order valence-electron chi connectivity index (χ0n) is 10.4. The van der Waals surface area contributed by atoms with Crippen molar-refractivity contribution in [3.8, 4) is 0 Å². The molecule has 0 fully saturated rings. The number of carbonyl (C=O) groups is 2. The summed E-state index contributed by atoms with van der Waals surface area (Å²) in [5.41, 5.74) is -1.58. The van der Waals surface area contributed by atoms with Crippen molar-refractivity contribution < 1.29 is 24.3 Å². The van der Waals surface area contributed by atoms with E-state index in [1.54, 1.807) is 30.3 Å². The topological polar surface area (TPSA) is 76.1 Å². The van der Waals surface area contributed by atoms with Crippen LogP contribution in [0.25, 0.3) is 0 Å². The average molecular weight is 253 g/mol. The van der Waals surface area contributed by atoms with Crippen LogP contribution in [0.5, 0.6) is 0 Å². The van der Waals surface area contributed by atoms with Crippen molar-refractivity contribution >= 4 is 11.9 Å². The van der Waals surface area contributed by atoms with E-state index in [1.807, 2.05) is 0 Å². The first-order valence-corrected chi connectivity index (χ1v) is 5.19. The van der Waals surface area contributed by atoms with Crippen LogP contribution in [0.2, 0.25) is 0 Å². The van der Waals surface area contributed by atoms with E-state index in [0.29, 0.717) is 10.6 Å². The van der Waals surface area contributed by atoms with Crippen molar-refractivity contribution in [2.24, 2.45) is 0 Å². The number of hydroxylamine groups is 2. The Morgan fingerprint density at radius 3 is 2.17 bits per heavy atom. The van der Waals surface area contributed by atoms with E-state index in [-0.39, 0.29) is 0 Å². The Morgan fingerprint density at radius 1 is 1.22 bits per heavy atom. The molecule has 6 heteroatoms. The molecule has 1 amide bonds. The number of hydrogen-bond acceptors (Lipinski definition) is 4. The molecular formula is C12H15NO5. The molecule has 0 aromatic heterocycles. The van der Waals surface area contributed by atoms with E-state index in [4.69, 9.17) is 14.7 Å². The number of hydrogen-bond donors (Lipinski definition) is 1. The standard InChI is InChI=1S/C12H15NO5/c1-12(17-2,11(15)16)13(18-3)10(14)9-7-5-4-6-8-9/h4-8H,1-3H3,(H,15,16). The molecule has 1 aromatic rings. The molecular weight excluding hydrogens is 238 g/mol. The molecule has 0 saturated carbocycles. The molecule has 0 aliphatic heterocycles. The van der Waals surface area contributed by atoms with Crippen LogP contribution in [0.3, 0.4) is 0 Å². The number of ether oxygens (including phenoxy) is 1. The number of nitrogens with zero attached hydrogens (tertiary/aromatic N) is 1. The predicted molar refractivity (Wildman–Crippen MR) is 62.7 cm³/mol. The second kappa shape index (κ2) is 5.61. The smallest absolute Gasteiger partial charge is 0.359 e. The normalized spacial score (nSPS) is 13.7. The van der Waals surface area contributed by atoms with E-state index < -0.39 is 17.6 Å². The summed E-state index contributed by atoms with van der Waals surface area (Å²) in [6.45, 7) is 1.24. The second-order valence-corrected chi connectivity index (χ2v) is 3.64. The van der Waals surface area contributed by atoms with Gasteiger partial charge in [0.05, 0.1) is 7.11 Å². The SMILES string of the molecule is CON(C(=O)c1ccccc1)C(C)(OC)C(=O)O. The number of methoxy groups -OCH3 is 1. The lowest BCUT2D eigenvalue weighted by Gasteiger charge is -2.33. The lowest BCUT2D eigenvalue weighted by atomic mass is 10.1. The number of rotatable bonds is 5. The van der Waals surface area contributed by atoms with Crippen molar-refractivity contribution in [1.29, 1.82) is 0 Å². The van der Waals surface area contributed by atoms with E-state index in [1.165, 1.54) is 21.1 Å². The lowest BCUT2D eigenvalue weighted by Crippen LogP contribution is -2.55. The molecule has 6 nitrogen and oxygen atoms in total. The molecule has 0 heterocycles. The minimum Gasteiger partial charge on any atom is -0.478 e. The third-order valence-corrected chi connectivity index (χ3v) is 2.57. The monoisotopic (exact) mass is 253 g/mol. The fourth-order valence-electron chi connectivity index (χ4n) is 1.41. The highest BCUT2D eigenvalue weighted by molar-refractivity contribution is 5.96. The van der Waals surface area contributed by atoms with Crippen molar-refractivity contribution in [1.82, 2.24) is 5.06 Å². The van der Waals surface area contributed by atoms with Crippen LogP contribution in [0.15, 0.2) is 30.3 Å². The van der Waals surface area contributed by atoms with Gasteiger partial charge in [0.1, 0.15) is 0 Å². The predicted octanol–water partition coefficient (Wildman–Crippen LogP) is 1.14. The molecule has 18 heavy (non-hydrogen) atoms. The Hall–Kier alpha value is -1.92. The Balaban J connectivity index is 3.11. The van der Waals surface area contributed by atoms with Gasteiger partial charge in [-0.15, -0.1) is 0 Å². The minimum atomic E-state index is -1.89. The van der Waals surface area contributed by atoms with Gasteiger partial charge in [0, 0.05) is 12.7 Å². The molecule has 0 aliphatic rings. The minimum absolute atomic E-state index is 0.309. The van der Waals surface area contributed by atoms with Gasteiger partial charge >= 0.3 is 5.97 Å². The Labute approximate surface area is 105 Å². The highest BCUT2D eigenvalue weighted by Gasteiger charge is 2.44. The maximum Gasteiger partial charge on any atom is 0.359 e. The van der Waals surface area contributed by atoms with Crippen LogP contribution in [0, 0.1) is 0 Å². The quantitative estimate of drug-likeness (QED) is 0.629. The van der Waals surface area contributed by atoms with Crippen LogP contribution >= 0.6 is 0 Å². The molecule has 0 aliphatic carbocycles. The van der Waals surface area contributed by atoms with Gasteiger partial charge in [-0.05, 0) is 19.1 Å². The van der Waals surface area contributed by atoms with Gasteiger partial charge in [-0.1, -0.05) is 18.2 Å². The largest absolute Gasteiger partial charge is 0.478 e. The molecule has 1 rings (SSSR count). The lowest BCUT2D eigenvalue weighted by molar-refractivity contribution is -0.250. The first-order valence-electron chi connectivity index (χ1n) is 5.19. The van der Waals surface area contributed by atoms with Gasteiger partial charge in [-0.2, -0.15) is 5.06 Å². The summed E-state index contributed by atoms with van der Waals surface area (Å²) < 4.78 is 4.88. The summed E-state index contributed by atoms with van der Waals surface area (Å²) in [5.74, 6) is -1.92. The second-order valence-electron chi connectivity index (χ2n) is 3.64. The van der Waals surface area contributed by atoms with Crippen LogP contribution in [0.1, 0.15) is 17.3 Å². The highest BCUT2D eigenvalue weighted by atomic mass is 16.7. The molecule has 0 radical (unpaired) electrons. The van der Waals surface area contributed by atoms with Crippen molar-refractivity contribution in [2.75, 3.05) is 14.2 Å². The summed E-state index contributed by atoms with van der Waals surface area (Å²) in [6, 6.07) is 8.22. The Morgan fingerprint density at radius 2 is 1.78 bits per heavy atom. The summed E-state index contributed by atoms with van der Waals surface area (Å²) in [7, 11) is 2.40. The maximum absolute atomic E-state index is 12.1. The van der Waals surface area contributed by atoms with Gasteiger partial charge in [0.15, 0.2) is 0 Å². The third kappa shape index (κ3) is 2.49. The summed E-state index contributed by atoms with van der Waals surface area (Å²) >= 11 is 0. The molecule has 1 aromatic carbocycles. The van der Waals surface area contributed by atoms with Gasteiger partial charge in [-0.3, -0.25) is 9.63 Å². The maximum atomic E-state index is 12.1. The van der Waals surface area contributed by atoms with Gasteiger partial charge in [-0.25, -0.2) is 4.79 Å². The molecule has 1 unspecified atom stereocenters. The number of carbonyl (C=O) groups excluding carboxylic acids is 1. The van der Waals surface area contributed by atoms with Gasteiger partial charge in [0.25, 0.3) is 11.6 Å². The molecule has 1 atom stereocenters. The number of amides is 1. The molecule has 98 valence electrons. The fraction of sp³-hybridized carbons (Fsp3) is 0.333. The van der Waals surface area contributed by atoms with E-state index in [9.17, 15) is 9.59 Å².